The fraction of sp³-hybridized carbons (Fsp3) is 0.529. The maximum absolute atomic E-state index is 12.3. The predicted molar refractivity (Wildman–Crippen MR) is 86.3 cm³/mol. The van der Waals surface area contributed by atoms with Crippen LogP contribution in [0.1, 0.15) is 19.4 Å². The van der Waals surface area contributed by atoms with E-state index in [-0.39, 0.29) is 24.4 Å². The standard InChI is InChI=1S/C17H24N2O4/c1-11(2)14-9-19(10-15(14)16(20)21)17(22)18-8-12-4-6-13(23-3)7-5-12/h4-7,11,14-15H,8-10H2,1-3H3,(H,18,22)(H,20,21)/t14-,15+/m0/s1. The number of carboxylic acids is 1. The number of urea groups is 1. The van der Waals surface area contributed by atoms with Crippen molar-refractivity contribution < 1.29 is 19.4 Å². The number of carbonyl (C=O) groups is 2. The van der Waals surface area contributed by atoms with Crippen molar-refractivity contribution in [2.45, 2.75) is 20.4 Å². The molecule has 0 radical (unpaired) electrons. The predicted octanol–water partition coefficient (Wildman–Crippen LogP) is 2.19. The Morgan fingerprint density at radius 2 is 1.96 bits per heavy atom. The van der Waals surface area contributed by atoms with E-state index in [2.05, 4.69) is 5.32 Å². The number of methoxy groups -OCH3 is 1. The maximum Gasteiger partial charge on any atom is 0.317 e. The molecule has 0 unspecified atom stereocenters. The topological polar surface area (TPSA) is 78.9 Å². The molecule has 2 rings (SSSR count). The molecule has 0 spiro atoms. The van der Waals surface area contributed by atoms with Crippen LogP contribution >= 0.6 is 0 Å². The molecule has 1 fully saturated rings. The highest BCUT2D eigenvalue weighted by Crippen LogP contribution is 2.29. The molecule has 1 aliphatic heterocycles. The van der Waals surface area contributed by atoms with Gasteiger partial charge in [0.1, 0.15) is 5.75 Å². The summed E-state index contributed by atoms with van der Waals surface area (Å²) < 4.78 is 5.09. The molecule has 6 nitrogen and oxygen atoms in total. The Morgan fingerprint density at radius 3 is 2.43 bits per heavy atom. The van der Waals surface area contributed by atoms with E-state index in [1.165, 1.54) is 0 Å². The molecule has 0 bridgehead atoms. The molecule has 1 aromatic carbocycles. The lowest BCUT2D eigenvalue weighted by Gasteiger charge is -2.19. The summed E-state index contributed by atoms with van der Waals surface area (Å²) in [5.74, 6) is -0.311. The maximum atomic E-state index is 12.3. The number of carbonyl (C=O) groups excluding carboxylic acids is 1. The Labute approximate surface area is 136 Å². The average molecular weight is 320 g/mol. The van der Waals surface area contributed by atoms with E-state index in [4.69, 9.17) is 4.74 Å². The Morgan fingerprint density at radius 1 is 1.30 bits per heavy atom. The first-order valence-corrected chi connectivity index (χ1v) is 7.81. The van der Waals surface area contributed by atoms with Crippen LogP contribution in [0.5, 0.6) is 5.75 Å². The summed E-state index contributed by atoms with van der Waals surface area (Å²) >= 11 is 0. The van der Waals surface area contributed by atoms with Gasteiger partial charge in [-0.15, -0.1) is 0 Å². The van der Waals surface area contributed by atoms with E-state index >= 15 is 0 Å². The SMILES string of the molecule is COc1ccc(CNC(=O)N2C[C@@H](C(=O)O)[C@H](C(C)C)C2)cc1. The molecule has 0 aliphatic carbocycles. The van der Waals surface area contributed by atoms with Gasteiger partial charge < -0.3 is 20.1 Å². The Balaban J connectivity index is 1.91. The monoisotopic (exact) mass is 320 g/mol. The minimum absolute atomic E-state index is 0.000707. The first kappa shape index (κ1) is 17.1. The second kappa shape index (κ2) is 7.35. The number of benzene rings is 1. The third kappa shape index (κ3) is 4.15. The molecule has 0 saturated carbocycles. The lowest BCUT2D eigenvalue weighted by molar-refractivity contribution is -0.142. The summed E-state index contributed by atoms with van der Waals surface area (Å²) in [5.41, 5.74) is 0.966. The van der Waals surface area contributed by atoms with E-state index in [1.54, 1.807) is 12.0 Å². The zero-order valence-corrected chi connectivity index (χ0v) is 13.8. The van der Waals surface area contributed by atoms with Crippen LogP contribution in [0.3, 0.4) is 0 Å². The molecule has 1 heterocycles. The van der Waals surface area contributed by atoms with E-state index in [0.29, 0.717) is 13.1 Å². The first-order valence-electron chi connectivity index (χ1n) is 7.81. The average Bonchev–Trinajstić information content (AvgIpc) is 2.99. The second-order valence-corrected chi connectivity index (χ2v) is 6.26. The van der Waals surface area contributed by atoms with Crippen LogP contribution in [0, 0.1) is 17.8 Å². The number of rotatable bonds is 5. The zero-order valence-electron chi connectivity index (χ0n) is 13.8. The number of carboxylic acid groups (broad SMARTS) is 1. The van der Waals surface area contributed by atoms with Crippen LogP contribution in [0.25, 0.3) is 0 Å². The highest BCUT2D eigenvalue weighted by atomic mass is 16.5. The minimum Gasteiger partial charge on any atom is -0.497 e. The molecule has 126 valence electrons. The van der Waals surface area contributed by atoms with Crippen LogP contribution in [0.2, 0.25) is 0 Å². The number of aliphatic carboxylic acids is 1. The van der Waals surface area contributed by atoms with Crippen molar-refractivity contribution in [2.75, 3.05) is 20.2 Å². The summed E-state index contributed by atoms with van der Waals surface area (Å²) in [5, 5.41) is 12.2. The summed E-state index contributed by atoms with van der Waals surface area (Å²) in [4.78, 5) is 25.2. The van der Waals surface area contributed by atoms with E-state index in [9.17, 15) is 14.7 Å². The molecule has 1 saturated heterocycles. The van der Waals surface area contributed by atoms with Gasteiger partial charge in [0, 0.05) is 19.6 Å². The van der Waals surface area contributed by atoms with Gasteiger partial charge in [-0.05, 0) is 29.5 Å². The normalized spacial score (nSPS) is 20.6. The Bertz CT molecular complexity index is 556. The fourth-order valence-electron chi connectivity index (χ4n) is 2.96. The van der Waals surface area contributed by atoms with Crippen molar-refractivity contribution in [3.63, 3.8) is 0 Å². The molecule has 0 aromatic heterocycles. The summed E-state index contributed by atoms with van der Waals surface area (Å²) in [6.07, 6.45) is 0. The molecular formula is C17H24N2O4. The van der Waals surface area contributed by atoms with Crippen molar-refractivity contribution in [1.82, 2.24) is 10.2 Å². The van der Waals surface area contributed by atoms with Crippen LogP contribution in [-0.2, 0) is 11.3 Å². The van der Waals surface area contributed by atoms with Gasteiger partial charge in [0.05, 0.1) is 13.0 Å². The van der Waals surface area contributed by atoms with Gasteiger partial charge in [-0.25, -0.2) is 4.79 Å². The summed E-state index contributed by atoms with van der Waals surface area (Å²) in [7, 11) is 1.61. The van der Waals surface area contributed by atoms with Crippen LogP contribution < -0.4 is 10.1 Å². The smallest absolute Gasteiger partial charge is 0.317 e. The van der Waals surface area contributed by atoms with Gasteiger partial charge in [0.25, 0.3) is 0 Å². The third-order valence-electron chi connectivity index (χ3n) is 4.43. The Kier molecular flexibility index (Phi) is 5.47. The zero-order chi connectivity index (χ0) is 17.0. The number of amides is 2. The molecule has 1 aliphatic rings. The van der Waals surface area contributed by atoms with Crippen molar-refractivity contribution in [3.8, 4) is 5.75 Å². The summed E-state index contributed by atoms with van der Waals surface area (Å²) in [6.45, 7) is 5.16. The van der Waals surface area contributed by atoms with Gasteiger partial charge in [0.15, 0.2) is 0 Å². The number of likely N-dealkylation sites (tertiary alicyclic amines) is 1. The minimum atomic E-state index is -0.825. The van der Waals surface area contributed by atoms with E-state index in [0.717, 1.165) is 11.3 Å². The number of nitrogens with zero attached hydrogens (tertiary/aromatic N) is 1. The fourth-order valence-corrected chi connectivity index (χ4v) is 2.96. The highest BCUT2D eigenvalue weighted by Gasteiger charge is 2.40. The lowest BCUT2D eigenvalue weighted by Crippen LogP contribution is -2.38. The van der Waals surface area contributed by atoms with Crippen molar-refractivity contribution in [3.05, 3.63) is 29.8 Å². The molecule has 23 heavy (non-hydrogen) atoms. The van der Waals surface area contributed by atoms with Crippen LogP contribution in [0.4, 0.5) is 4.79 Å². The van der Waals surface area contributed by atoms with Crippen molar-refractivity contribution >= 4 is 12.0 Å². The highest BCUT2D eigenvalue weighted by molar-refractivity contribution is 5.77. The molecule has 2 N–H and O–H groups in total. The first-order chi connectivity index (χ1) is 10.9. The number of hydrogen-bond donors (Lipinski definition) is 2. The van der Waals surface area contributed by atoms with Gasteiger partial charge in [-0.3, -0.25) is 4.79 Å². The van der Waals surface area contributed by atoms with Gasteiger partial charge in [-0.1, -0.05) is 26.0 Å². The third-order valence-corrected chi connectivity index (χ3v) is 4.43. The number of nitrogens with one attached hydrogen (secondary N) is 1. The van der Waals surface area contributed by atoms with Gasteiger partial charge >= 0.3 is 12.0 Å². The quantitative estimate of drug-likeness (QED) is 0.872. The van der Waals surface area contributed by atoms with Gasteiger partial charge in [0.2, 0.25) is 0 Å². The van der Waals surface area contributed by atoms with Crippen molar-refractivity contribution in [2.24, 2.45) is 17.8 Å². The molecular weight excluding hydrogens is 296 g/mol. The number of ether oxygens (including phenoxy) is 1. The molecule has 1 aromatic rings. The van der Waals surface area contributed by atoms with Crippen LogP contribution in [-0.4, -0.2) is 42.2 Å². The lowest BCUT2D eigenvalue weighted by atomic mass is 9.86. The van der Waals surface area contributed by atoms with E-state index < -0.39 is 11.9 Å². The van der Waals surface area contributed by atoms with Crippen LogP contribution in [0.15, 0.2) is 24.3 Å². The number of hydrogen-bond acceptors (Lipinski definition) is 3. The second-order valence-electron chi connectivity index (χ2n) is 6.26. The Hall–Kier alpha value is -2.24. The molecule has 2 atom stereocenters. The molecule has 6 heteroatoms. The molecule has 2 amide bonds. The van der Waals surface area contributed by atoms with E-state index in [1.807, 2.05) is 38.1 Å². The summed E-state index contributed by atoms with van der Waals surface area (Å²) in [6, 6.07) is 7.24. The van der Waals surface area contributed by atoms with Crippen molar-refractivity contribution in [1.29, 1.82) is 0 Å². The van der Waals surface area contributed by atoms with Gasteiger partial charge in [-0.2, -0.15) is 0 Å². The largest absolute Gasteiger partial charge is 0.497 e.